The number of hydrogen-bond donors (Lipinski definition) is 0. The molecule has 0 spiro atoms. The molecule has 1 aromatic carbocycles. The lowest BCUT2D eigenvalue weighted by molar-refractivity contribution is -0.133. The highest BCUT2D eigenvalue weighted by atomic mass is 19.1. The van der Waals surface area contributed by atoms with E-state index in [1.807, 2.05) is 11.8 Å². The van der Waals surface area contributed by atoms with E-state index in [1.54, 1.807) is 12.1 Å². The quantitative estimate of drug-likeness (QED) is 0.799. The maximum atomic E-state index is 13.3. The van der Waals surface area contributed by atoms with Gasteiger partial charge in [-0.3, -0.25) is 9.78 Å². The number of benzene rings is 1. The van der Waals surface area contributed by atoms with Gasteiger partial charge in [-0.15, -0.1) is 0 Å². The van der Waals surface area contributed by atoms with Gasteiger partial charge in [0.1, 0.15) is 11.9 Å². The molecule has 5 nitrogen and oxygen atoms in total. The average molecular weight is 344 g/mol. The number of ether oxygens (including phenoxy) is 1. The second kappa shape index (κ2) is 7.59. The van der Waals surface area contributed by atoms with Crippen LogP contribution < -0.4 is 0 Å². The summed E-state index contributed by atoms with van der Waals surface area (Å²) in [7, 11) is 0. The molecule has 6 heteroatoms. The van der Waals surface area contributed by atoms with E-state index in [0.717, 1.165) is 6.42 Å². The van der Waals surface area contributed by atoms with Crippen LogP contribution in [0, 0.1) is 5.82 Å². The molecule has 3 rings (SSSR count). The van der Waals surface area contributed by atoms with Gasteiger partial charge in [0.15, 0.2) is 0 Å². The molecule has 0 atom stereocenters. The highest BCUT2D eigenvalue weighted by Gasteiger charge is 2.25. The van der Waals surface area contributed by atoms with Gasteiger partial charge in [0.25, 0.3) is 0 Å². The van der Waals surface area contributed by atoms with E-state index in [-0.39, 0.29) is 17.8 Å². The van der Waals surface area contributed by atoms with Crippen molar-refractivity contribution in [3.8, 4) is 0 Å². The smallest absolute Gasteiger partial charge is 0.339 e. The number of esters is 1. The fourth-order valence-electron chi connectivity index (χ4n) is 3.03. The van der Waals surface area contributed by atoms with Gasteiger partial charge in [-0.25, -0.2) is 9.18 Å². The highest BCUT2D eigenvalue weighted by Crippen LogP contribution is 2.19. The van der Waals surface area contributed by atoms with Crippen LogP contribution in [0.3, 0.4) is 0 Å². The number of rotatable bonds is 4. The predicted molar refractivity (Wildman–Crippen MR) is 91.6 cm³/mol. The summed E-state index contributed by atoms with van der Waals surface area (Å²) in [5, 5.41) is 0.564. The number of nitrogens with zero attached hydrogens (tertiary/aromatic N) is 2. The summed E-state index contributed by atoms with van der Waals surface area (Å²) in [4.78, 5) is 30.2. The lowest BCUT2D eigenvalue weighted by Crippen LogP contribution is -2.41. The monoisotopic (exact) mass is 344 g/mol. The Hall–Kier alpha value is -2.50. The Morgan fingerprint density at radius 1 is 1.28 bits per heavy atom. The zero-order valence-corrected chi connectivity index (χ0v) is 14.2. The molecule has 1 saturated heterocycles. The third-order valence-corrected chi connectivity index (χ3v) is 4.41. The van der Waals surface area contributed by atoms with E-state index in [9.17, 15) is 14.0 Å². The van der Waals surface area contributed by atoms with E-state index >= 15 is 0 Å². The molecular weight excluding hydrogens is 323 g/mol. The molecule has 2 heterocycles. The SMILES string of the molecule is CCCC(=O)N1CCC(OC(=O)c2cnc3ccc(F)cc3c2)CC1. The number of halogens is 1. The molecule has 0 bridgehead atoms. The van der Waals surface area contributed by atoms with Gasteiger partial charge < -0.3 is 9.64 Å². The molecule has 0 saturated carbocycles. The van der Waals surface area contributed by atoms with Crippen molar-refractivity contribution in [2.24, 2.45) is 0 Å². The van der Waals surface area contributed by atoms with Crippen molar-refractivity contribution in [2.75, 3.05) is 13.1 Å². The van der Waals surface area contributed by atoms with Crippen LogP contribution in [0.25, 0.3) is 10.9 Å². The molecule has 0 unspecified atom stereocenters. The molecule has 1 aliphatic rings. The first kappa shape index (κ1) is 17.3. The summed E-state index contributed by atoms with van der Waals surface area (Å²) >= 11 is 0. The molecule has 0 radical (unpaired) electrons. The zero-order chi connectivity index (χ0) is 17.8. The number of pyridine rings is 1. The summed E-state index contributed by atoms with van der Waals surface area (Å²) < 4.78 is 18.9. The molecule has 0 N–H and O–H groups in total. The van der Waals surface area contributed by atoms with Gasteiger partial charge in [-0.1, -0.05) is 6.92 Å². The highest BCUT2D eigenvalue weighted by molar-refractivity contribution is 5.93. The number of carbonyl (C=O) groups excluding carboxylic acids is 2. The maximum absolute atomic E-state index is 13.3. The van der Waals surface area contributed by atoms with Gasteiger partial charge in [-0.2, -0.15) is 0 Å². The summed E-state index contributed by atoms with van der Waals surface area (Å²) in [5.74, 6) is -0.672. The van der Waals surface area contributed by atoms with Crippen LogP contribution >= 0.6 is 0 Å². The molecular formula is C19H21FN2O3. The van der Waals surface area contributed by atoms with Crippen LogP contribution in [-0.4, -0.2) is 41.0 Å². The van der Waals surface area contributed by atoms with Crippen LogP contribution in [0.1, 0.15) is 43.0 Å². The number of likely N-dealkylation sites (tertiary alicyclic amines) is 1. The Kier molecular flexibility index (Phi) is 5.26. The molecule has 132 valence electrons. The van der Waals surface area contributed by atoms with Crippen molar-refractivity contribution in [1.82, 2.24) is 9.88 Å². The van der Waals surface area contributed by atoms with E-state index in [0.29, 0.717) is 48.8 Å². The second-order valence-electron chi connectivity index (χ2n) is 6.30. The van der Waals surface area contributed by atoms with Gasteiger partial charge in [0.2, 0.25) is 5.91 Å². The Bertz CT molecular complexity index is 785. The van der Waals surface area contributed by atoms with Crippen LogP contribution in [0.5, 0.6) is 0 Å². The first-order valence-corrected chi connectivity index (χ1v) is 8.61. The minimum Gasteiger partial charge on any atom is -0.459 e. The van der Waals surface area contributed by atoms with Crippen molar-refractivity contribution in [2.45, 2.75) is 38.7 Å². The second-order valence-corrected chi connectivity index (χ2v) is 6.30. The Labute approximate surface area is 145 Å². The first-order valence-electron chi connectivity index (χ1n) is 8.61. The fourth-order valence-corrected chi connectivity index (χ4v) is 3.03. The van der Waals surface area contributed by atoms with Crippen LogP contribution in [0.15, 0.2) is 30.5 Å². The summed E-state index contributed by atoms with van der Waals surface area (Å²) in [5.41, 5.74) is 0.934. The van der Waals surface area contributed by atoms with Crippen molar-refractivity contribution >= 4 is 22.8 Å². The lowest BCUT2D eigenvalue weighted by Gasteiger charge is -2.31. The third kappa shape index (κ3) is 4.13. The summed E-state index contributed by atoms with van der Waals surface area (Å²) in [6.45, 7) is 3.20. The van der Waals surface area contributed by atoms with E-state index in [1.165, 1.54) is 18.3 Å². The summed E-state index contributed by atoms with van der Waals surface area (Å²) in [6.07, 6.45) is 3.91. The fraction of sp³-hybridized carbons (Fsp3) is 0.421. The van der Waals surface area contributed by atoms with E-state index in [4.69, 9.17) is 4.74 Å². The Balaban J connectivity index is 1.60. The van der Waals surface area contributed by atoms with Gasteiger partial charge in [0.05, 0.1) is 11.1 Å². The number of fused-ring (bicyclic) bond motifs is 1. The van der Waals surface area contributed by atoms with Gasteiger partial charge in [-0.05, 0) is 30.7 Å². The molecule has 25 heavy (non-hydrogen) atoms. The summed E-state index contributed by atoms with van der Waals surface area (Å²) in [6, 6.07) is 5.84. The van der Waals surface area contributed by atoms with Crippen LogP contribution in [-0.2, 0) is 9.53 Å². The lowest BCUT2D eigenvalue weighted by atomic mass is 10.1. The van der Waals surface area contributed by atoms with Crippen molar-refractivity contribution < 1.29 is 18.7 Å². The number of carbonyl (C=O) groups is 2. The number of amides is 1. The Morgan fingerprint density at radius 3 is 2.76 bits per heavy atom. The van der Waals surface area contributed by atoms with E-state index < -0.39 is 5.97 Å². The molecule has 1 aromatic heterocycles. The van der Waals surface area contributed by atoms with Gasteiger partial charge in [0, 0.05) is 43.9 Å². The molecule has 1 amide bonds. The Morgan fingerprint density at radius 2 is 2.04 bits per heavy atom. The molecule has 0 aliphatic carbocycles. The minimum atomic E-state index is -0.461. The van der Waals surface area contributed by atoms with Crippen molar-refractivity contribution in [3.63, 3.8) is 0 Å². The van der Waals surface area contributed by atoms with Gasteiger partial charge >= 0.3 is 5.97 Å². The van der Waals surface area contributed by atoms with Crippen LogP contribution in [0.2, 0.25) is 0 Å². The minimum absolute atomic E-state index is 0.160. The molecule has 1 aliphatic heterocycles. The van der Waals surface area contributed by atoms with Crippen LogP contribution in [0.4, 0.5) is 4.39 Å². The third-order valence-electron chi connectivity index (χ3n) is 4.41. The first-order chi connectivity index (χ1) is 12.1. The largest absolute Gasteiger partial charge is 0.459 e. The standard InChI is InChI=1S/C19H21FN2O3/c1-2-3-18(23)22-8-6-16(7-9-22)25-19(24)14-10-13-11-15(20)4-5-17(13)21-12-14/h4-5,10-12,16H,2-3,6-9H2,1H3. The molecule has 1 fully saturated rings. The zero-order valence-electron chi connectivity index (χ0n) is 14.2. The predicted octanol–water partition coefficient (Wildman–Crippen LogP) is 3.32. The average Bonchev–Trinajstić information content (AvgIpc) is 2.61. The van der Waals surface area contributed by atoms with Crippen molar-refractivity contribution in [3.05, 3.63) is 41.8 Å². The molecule has 2 aromatic rings. The maximum Gasteiger partial charge on any atom is 0.339 e. The number of hydrogen-bond acceptors (Lipinski definition) is 4. The number of piperidine rings is 1. The topological polar surface area (TPSA) is 59.5 Å². The van der Waals surface area contributed by atoms with Crippen molar-refractivity contribution in [1.29, 1.82) is 0 Å². The number of aromatic nitrogens is 1. The van der Waals surface area contributed by atoms with E-state index in [2.05, 4.69) is 4.98 Å². The normalized spacial score (nSPS) is 15.4.